The second-order valence-electron chi connectivity index (χ2n) is 7.42. The molecule has 1 aromatic heterocycles. The highest BCUT2D eigenvalue weighted by Gasteiger charge is 2.41. The molecule has 152 valence electrons. The number of carbonyl (C=O) groups is 3. The van der Waals surface area contributed by atoms with Crippen LogP contribution in [0.3, 0.4) is 0 Å². The van der Waals surface area contributed by atoms with Crippen molar-refractivity contribution in [2.45, 2.75) is 37.8 Å². The summed E-state index contributed by atoms with van der Waals surface area (Å²) in [6.45, 7) is 0.925. The molecule has 4 N–H and O–H groups in total. The van der Waals surface area contributed by atoms with Gasteiger partial charge in [0.25, 0.3) is 11.5 Å². The van der Waals surface area contributed by atoms with Crippen LogP contribution >= 0.6 is 12.2 Å². The Morgan fingerprint density at radius 2 is 1.72 bits per heavy atom. The normalized spacial score (nSPS) is 21.7. The minimum Gasteiger partial charge on any atom is -0.368 e. The van der Waals surface area contributed by atoms with E-state index in [9.17, 15) is 19.2 Å². The third-order valence-corrected chi connectivity index (χ3v) is 5.85. The highest BCUT2D eigenvalue weighted by molar-refractivity contribution is 7.71. The van der Waals surface area contributed by atoms with E-state index in [2.05, 4.69) is 9.97 Å². The topological polar surface area (TPSA) is 132 Å². The number of rotatable bonds is 3. The molecule has 2 atom stereocenters. The average molecular weight is 415 g/mol. The van der Waals surface area contributed by atoms with Crippen LogP contribution in [-0.4, -0.2) is 62.7 Å². The van der Waals surface area contributed by atoms with E-state index < -0.39 is 18.0 Å². The van der Waals surface area contributed by atoms with Crippen LogP contribution < -0.4 is 11.3 Å². The van der Waals surface area contributed by atoms with Gasteiger partial charge in [0, 0.05) is 18.7 Å². The molecular formula is C19H21N5O4S. The third kappa shape index (κ3) is 3.44. The number of aromatic amines is 2. The second-order valence-corrected chi connectivity index (χ2v) is 7.83. The van der Waals surface area contributed by atoms with E-state index in [0.717, 1.165) is 6.42 Å². The number of benzene rings is 1. The fraction of sp³-hybridized carbons (Fsp3) is 0.421. The molecule has 2 aromatic rings. The van der Waals surface area contributed by atoms with Gasteiger partial charge in [0.2, 0.25) is 11.8 Å². The second kappa shape index (κ2) is 7.43. The maximum Gasteiger partial charge on any atom is 0.259 e. The molecule has 0 bridgehead atoms. The average Bonchev–Trinajstić information content (AvgIpc) is 3.36. The summed E-state index contributed by atoms with van der Waals surface area (Å²) >= 11 is 5.00. The third-order valence-electron chi connectivity index (χ3n) is 5.65. The number of fused-ring (bicyclic) bond motifs is 1. The molecule has 29 heavy (non-hydrogen) atoms. The Morgan fingerprint density at radius 3 is 2.45 bits per heavy atom. The maximum atomic E-state index is 13.1. The summed E-state index contributed by atoms with van der Waals surface area (Å²) in [5.74, 6) is -1.03. The number of carbonyl (C=O) groups excluding carboxylic acids is 3. The van der Waals surface area contributed by atoms with E-state index in [1.54, 1.807) is 23.1 Å². The van der Waals surface area contributed by atoms with Gasteiger partial charge < -0.3 is 20.5 Å². The highest BCUT2D eigenvalue weighted by atomic mass is 32.1. The van der Waals surface area contributed by atoms with E-state index in [-0.39, 0.29) is 22.1 Å². The molecular weight excluding hydrogens is 394 g/mol. The number of nitrogens with two attached hydrogens (primary N) is 1. The Morgan fingerprint density at radius 1 is 1.03 bits per heavy atom. The van der Waals surface area contributed by atoms with Crippen molar-refractivity contribution >= 4 is 40.8 Å². The van der Waals surface area contributed by atoms with Gasteiger partial charge in [-0.15, -0.1) is 0 Å². The minimum atomic E-state index is -0.615. The highest BCUT2D eigenvalue weighted by Crippen LogP contribution is 2.26. The van der Waals surface area contributed by atoms with E-state index in [1.807, 2.05) is 0 Å². The lowest BCUT2D eigenvalue weighted by molar-refractivity contribution is -0.140. The number of nitrogens with one attached hydrogen (secondary N) is 2. The monoisotopic (exact) mass is 415 g/mol. The number of H-pyrrole nitrogens is 2. The van der Waals surface area contributed by atoms with Crippen LogP contribution in [0.4, 0.5) is 0 Å². The number of amides is 3. The van der Waals surface area contributed by atoms with Gasteiger partial charge in [0.1, 0.15) is 12.1 Å². The predicted molar refractivity (Wildman–Crippen MR) is 108 cm³/mol. The smallest absolute Gasteiger partial charge is 0.259 e. The van der Waals surface area contributed by atoms with Crippen LogP contribution in [0, 0.1) is 4.77 Å². The molecule has 2 aliphatic rings. The number of aromatic nitrogens is 2. The first-order valence-electron chi connectivity index (χ1n) is 9.54. The molecule has 2 fully saturated rings. The van der Waals surface area contributed by atoms with Crippen molar-refractivity contribution in [1.82, 2.24) is 19.8 Å². The Hall–Kier alpha value is -3.01. The zero-order chi connectivity index (χ0) is 20.7. The fourth-order valence-corrected chi connectivity index (χ4v) is 4.46. The van der Waals surface area contributed by atoms with Gasteiger partial charge in [-0.2, -0.15) is 0 Å². The van der Waals surface area contributed by atoms with Gasteiger partial charge in [-0.3, -0.25) is 24.2 Å². The van der Waals surface area contributed by atoms with Gasteiger partial charge >= 0.3 is 0 Å². The van der Waals surface area contributed by atoms with Crippen molar-refractivity contribution in [1.29, 1.82) is 0 Å². The number of primary amides is 1. The Bertz CT molecular complexity index is 1120. The number of likely N-dealkylation sites (tertiary alicyclic amines) is 2. The first kappa shape index (κ1) is 19.3. The van der Waals surface area contributed by atoms with E-state index in [1.165, 1.54) is 4.90 Å². The van der Waals surface area contributed by atoms with E-state index in [0.29, 0.717) is 48.8 Å². The SMILES string of the molecule is NC(=O)[C@@H]1CCCN1C(=O)[C@@H]1CCCN1C(=O)c1ccc2c(=O)[nH]c(=S)[nH]c2c1. The van der Waals surface area contributed by atoms with Crippen molar-refractivity contribution in [3.8, 4) is 0 Å². The summed E-state index contributed by atoms with van der Waals surface area (Å²) < 4.78 is 0.174. The summed E-state index contributed by atoms with van der Waals surface area (Å²) in [5.41, 5.74) is 5.92. The molecule has 4 rings (SSSR count). The van der Waals surface area contributed by atoms with Crippen LogP contribution in [0.15, 0.2) is 23.0 Å². The van der Waals surface area contributed by atoms with Crippen LogP contribution in [0.25, 0.3) is 10.9 Å². The molecule has 0 radical (unpaired) electrons. The molecule has 10 heteroatoms. The zero-order valence-corrected chi connectivity index (χ0v) is 16.5. The number of hydrogen-bond donors (Lipinski definition) is 3. The van der Waals surface area contributed by atoms with Crippen LogP contribution in [0.5, 0.6) is 0 Å². The number of hydrogen-bond acceptors (Lipinski definition) is 5. The summed E-state index contributed by atoms with van der Waals surface area (Å²) in [6, 6.07) is 3.48. The largest absolute Gasteiger partial charge is 0.368 e. The van der Waals surface area contributed by atoms with Crippen LogP contribution in [-0.2, 0) is 9.59 Å². The maximum absolute atomic E-state index is 13.1. The number of nitrogens with zero attached hydrogens (tertiary/aromatic N) is 2. The van der Waals surface area contributed by atoms with Crippen molar-refractivity contribution in [2.24, 2.45) is 5.73 Å². The molecule has 0 unspecified atom stereocenters. The molecule has 3 heterocycles. The van der Waals surface area contributed by atoms with Crippen LogP contribution in [0.2, 0.25) is 0 Å². The first-order valence-corrected chi connectivity index (χ1v) is 9.95. The van der Waals surface area contributed by atoms with Gasteiger partial charge in [0.05, 0.1) is 10.9 Å². The first-order chi connectivity index (χ1) is 13.9. The summed E-state index contributed by atoms with van der Waals surface area (Å²) in [6.07, 6.45) is 2.52. The summed E-state index contributed by atoms with van der Waals surface area (Å²) in [4.78, 5) is 58.3. The fourth-order valence-electron chi connectivity index (χ4n) is 4.25. The lowest BCUT2D eigenvalue weighted by Gasteiger charge is -2.30. The molecule has 2 aliphatic heterocycles. The molecule has 0 saturated carbocycles. The molecule has 3 amide bonds. The van der Waals surface area contributed by atoms with Crippen molar-refractivity contribution in [2.75, 3.05) is 13.1 Å². The Balaban J connectivity index is 1.62. The van der Waals surface area contributed by atoms with E-state index >= 15 is 0 Å². The van der Waals surface area contributed by atoms with Crippen molar-refractivity contribution in [3.63, 3.8) is 0 Å². The lowest BCUT2D eigenvalue weighted by atomic mass is 10.1. The Kier molecular flexibility index (Phi) is 4.95. The minimum absolute atomic E-state index is 0.174. The van der Waals surface area contributed by atoms with Gasteiger partial charge in [-0.05, 0) is 56.1 Å². The standard InChI is InChI=1S/C19H21N5O4S/c20-15(25)13-3-1-7-23(13)18(28)14-4-2-8-24(14)17(27)10-5-6-11-12(9-10)21-19(29)22-16(11)26/h5-6,9,13-14H,1-4,7-8H2,(H2,20,25)(H2,21,22,26,29)/t13-,14-/m0/s1. The van der Waals surface area contributed by atoms with E-state index in [4.69, 9.17) is 18.0 Å². The van der Waals surface area contributed by atoms with Crippen LogP contribution in [0.1, 0.15) is 36.0 Å². The van der Waals surface area contributed by atoms with Crippen molar-refractivity contribution in [3.05, 3.63) is 38.9 Å². The van der Waals surface area contributed by atoms with Gasteiger partial charge in [0.15, 0.2) is 4.77 Å². The Labute approximate surface area is 170 Å². The summed E-state index contributed by atoms with van der Waals surface area (Å²) in [5, 5.41) is 0.394. The van der Waals surface area contributed by atoms with Crippen molar-refractivity contribution < 1.29 is 14.4 Å². The van der Waals surface area contributed by atoms with Gasteiger partial charge in [-0.25, -0.2) is 0 Å². The molecule has 1 aromatic carbocycles. The molecule has 9 nitrogen and oxygen atoms in total. The molecule has 0 aliphatic carbocycles. The zero-order valence-electron chi connectivity index (χ0n) is 15.6. The quantitative estimate of drug-likeness (QED) is 0.634. The molecule has 0 spiro atoms. The summed E-state index contributed by atoms with van der Waals surface area (Å²) in [7, 11) is 0. The predicted octanol–water partition coefficient (Wildman–Crippen LogP) is 0.667. The molecule has 2 saturated heterocycles. The lowest BCUT2D eigenvalue weighted by Crippen LogP contribution is -2.52. The van der Waals surface area contributed by atoms with Gasteiger partial charge in [-0.1, -0.05) is 0 Å².